The average Bonchev–Trinajstić information content (AvgIpc) is 2.81. The number of H-pyrrole nitrogens is 1. The van der Waals surface area contributed by atoms with Gasteiger partial charge in [0.25, 0.3) is 0 Å². The van der Waals surface area contributed by atoms with Crippen LogP contribution in [0.25, 0.3) is 11.0 Å². The number of anilines is 2. The molecule has 0 saturated carbocycles. The zero-order chi connectivity index (χ0) is 12.8. The molecule has 7 heteroatoms. The van der Waals surface area contributed by atoms with Crippen LogP contribution in [-0.2, 0) is 9.84 Å². The molecule has 0 spiro atoms. The maximum absolute atomic E-state index is 11.3. The third-order valence-electron chi connectivity index (χ3n) is 2.76. The van der Waals surface area contributed by atoms with Crippen LogP contribution < -0.4 is 11.1 Å². The molecule has 0 bridgehead atoms. The largest absolute Gasteiger partial charge is 0.399 e. The number of benzene rings is 1. The lowest BCUT2D eigenvalue weighted by Gasteiger charge is -2.07. The second-order valence-electron chi connectivity index (χ2n) is 4.27. The molecule has 1 aromatic carbocycles. The number of rotatable bonds is 2. The van der Waals surface area contributed by atoms with E-state index >= 15 is 0 Å². The van der Waals surface area contributed by atoms with Gasteiger partial charge in [-0.1, -0.05) is 0 Å². The van der Waals surface area contributed by atoms with Crippen molar-refractivity contribution in [3.63, 3.8) is 0 Å². The maximum atomic E-state index is 11.3. The number of fused-ring (bicyclic) bond motifs is 1. The van der Waals surface area contributed by atoms with Crippen molar-refractivity contribution >= 4 is 32.5 Å². The van der Waals surface area contributed by atoms with Gasteiger partial charge in [-0.05, 0) is 24.3 Å². The number of nitrogen functional groups attached to an aromatic ring is 1. The smallest absolute Gasteiger partial charge is 0.201 e. The molecule has 2 heterocycles. The second kappa shape index (κ2) is 3.74. The summed E-state index contributed by atoms with van der Waals surface area (Å²) in [6.45, 7) is 0. The van der Waals surface area contributed by atoms with E-state index in [1.54, 1.807) is 18.2 Å². The number of aromatic amines is 1. The quantitative estimate of drug-likeness (QED) is 0.699. The van der Waals surface area contributed by atoms with Crippen molar-refractivity contribution in [3.05, 3.63) is 29.7 Å². The van der Waals surface area contributed by atoms with Crippen molar-refractivity contribution in [1.29, 1.82) is 0 Å². The Balaban J connectivity index is 1.86. The van der Waals surface area contributed by atoms with Gasteiger partial charge in [0.05, 0.1) is 22.8 Å². The zero-order valence-corrected chi connectivity index (χ0v) is 10.2. The van der Waals surface area contributed by atoms with E-state index in [1.165, 1.54) is 5.41 Å². The van der Waals surface area contributed by atoms with Crippen molar-refractivity contribution in [2.24, 2.45) is 0 Å². The number of imidazole rings is 1. The van der Waals surface area contributed by atoms with E-state index in [0.717, 1.165) is 11.0 Å². The predicted molar refractivity (Wildman–Crippen MR) is 70.8 cm³/mol. The molecule has 3 rings (SSSR count). The number of nitrogens with two attached hydrogens (primary N) is 1. The Bertz CT molecular complexity index is 733. The standard InChI is InChI=1S/C11H12N4O2S/c12-7-1-2-9-10(5-7)15-11(14-9)13-8-3-4-18(16,17)6-8/h1-5,8H,6,12H2,(H2,13,14,15). The molecular formula is C11H12N4O2S. The number of nitrogens with one attached hydrogen (secondary N) is 2. The molecule has 6 nitrogen and oxygen atoms in total. The van der Waals surface area contributed by atoms with Gasteiger partial charge in [0.2, 0.25) is 5.95 Å². The van der Waals surface area contributed by atoms with Crippen molar-refractivity contribution in [2.75, 3.05) is 16.8 Å². The van der Waals surface area contributed by atoms with Crippen LogP contribution in [-0.4, -0.2) is 30.2 Å². The van der Waals surface area contributed by atoms with Crippen molar-refractivity contribution in [3.8, 4) is 0 Å². The number of nitrogens with zero attached hydrogens (tertiary/aromatic N) is 1. The summed E-state index contributed by atoms with van der Waals surface area (Å²) in [5, 5.41) is 4.26. The van der Waals surface area contributed by atoms with Crippen LogP contribution in [0.2, 0.25) is 0 Å². The molecule has 1 aliphatic rings. The van der Waals surface area contributed by atoms with Gasteiger partial charge in [0.15, 0.2) is 9.84 Å². The van der Waals surface area contributed by atoms with Crippen LogP contribution in [0, 0.1) is 0 Å². The number of hydrogen-bond acceptors (Lipinski definition) is 5. The number of hydrogen-bond donors (Lipinski definition) is 3. The molecule has 0 aliphatic carbocycles. The van der Waals surface area contributed by atoms with Crippen LogP contribution in [0.5, 0.6) is 0 Å². The minimum absolute atomic E-state index is 0.0617. The summed E-state index contributed by atoms with van der Waals surface area (Å²) in [4.78, 5) is 7.37. The molecule has 0 saturated heterocycles. The molecule has 0 radical (unpaired) electrons. The average molecular weight is 264 g/mol. The van der Waals surface area contributed by atoms with Crippen LogP contribution >= 0.6 is 0 Å². The van der Waals surface area contributed by atoms with Crippen molar-refractivity contribution in [2.45, 2.75) is 6.04 Å². The molecule has 1 unspecified atom stereocenters. The summed E-state index contributed by atoms with van der Waals surface area (Å²) < 4.78 is 22.5. The molecule has 1 aromatic heterocycles. The van der Waals surface area contributed by atoms with Gasteiger partial charge in [-0.15, -0.1) is 0 Å². The Labute approximate surface area is 104 Å². The summed E-state index contributed by atoms with van der Waals surface area (Å²) in [7, 11) is -3.06. The van der Waals surface area contributed by atoms with Gasteiger partial charge in [0, 0.05) is 11.1 Å². The van der Waals surface area contributed by atoms with Crippen LogP contribution in [0.1, 0.15) is 0 Å². The summed E-state index contributed by atoms with van der Waals surface area (Å²) in [5.41, 5.74) is 7.94. The Morgan fingerprint density at radius 2 is 2.28 bits per heavy atom. The maximum Gasteiger partial charge on any atom is 0.201 e. The molecular weight excluding hydrogens is 252 g/mol. The zero-order valence-electron chi connectivity index (χ0n) is 9.42. The Kier molecular flexibility index (Phi) is 2.30. The third kappa shape index (κ3) is 2.04. The first-order chi connectivity index (χ1) is 8.52. The highest BCUT2D eigenvalue weighted by Gasteiger charge is 2.22. The first kappa shape index (κ1) is 11.1. The first-order valence-corrected chi connectivity index (χ1v) is 7.16. The fraction of sp³-hybridized carbons (Fsp3) is 0.182. The van der Waals surface area contributed by atoms with E-state index in [-0.39, 0.29) is 11.8 Å². The lowest BCUT2D eigenvalue weighted by atomic mass is 10.3. The van der Waals surface area contributed by atoms with Gasteiger partial charge >= 0.3 is 0 Å². The minimum atomic E-state index is -3.06. The van der Waals surface area contributed by atoms with E-state index in [2.05, 4.69) is 15.3 Å². The third-order valence-corrected chi connectivity index (χ3v) is 4.15. The van der Waals surface area contributed by atoms with Gasteiger partial charge in [-0.3, -0.25) is 0 Å². The molecule has 4 N–H and O–H groups in total. The molecule has 1 atom stereocenters. The summed E-state index contributed by atoms with van der Waals surface area (Å²) in [6, 6.07) is 5.13. The summed E-state index contributed by atoms with van der Waals surface area (Å²) in [6.07, 6.45) is 1.62. The van der Waals surface area contributed by atoms with Crippen LogP contribution in [0.3, 0.4) is 0 Å². The predicted octanol–water partition coefficient (Wildman–Crippen LogP) is 0.868. The number of aromatic nitrogens is 2. The summed E-state index contributed by atoms with van der Waals surface area (Å²) in [5.74, 6) is 0.606. The van der Waals surface area contributed by atoms with E-state index < -0.39 is 9.84 Å². The summed E-state index contributed by atoms with van der Waals surface area (Å²) >= 11 is 0. The van der Waals surface area contributed by atoms with E-state index in [4.69, 9.17) is 5.73 Å². The molecule has 18 heavy (non-hydrogen) atoms. The van der Waals surface area contributed by atoms with E-state index in [1.807, 2.05) is 6.07 Å². The molecule has 0 amide bonds. The highest BCUT2D eigenvalue weighted by Crippen LogP contribution is 2.19. The SMILES string of the molecule is Nc1ccc2nc(NC3C=CS(=O)(=O)C3)[nH]c2c1. The van der Waals surface area contributed by atoms with Gasteiger partial charge in [-0.25, -0.2) is 13.4 Å². The second-order valence-corrected chi connectivity index (χ2v) is 6.20. The highest BCUT2D eigenvalue weighted by molar-refractivity contribution is 7.94. The Morgan fingerprint density at radius 3 is 3.00 bits per heavy atom. The fourth-order valence-corrected chi connectivity index (χ4v) is 3.17. The lowest BCUT2D eigenvalue weighted by molar-refractivity contribution is 0.605. The fourth-order valence-electron chi connectivity index (χ4n) is 1.94. The Hall–Kier alpha value is -2.02. The Morgan fingerprint density at radius 1 is 1.44 bits per heavy atom. The topological polar surface area (TPSA) is 101 Å². The first-order valence-electron chi connectivity index (χ1n) is 5.45. The van der Waals surface area contributed by atoms with Crippen LogP contribution in [0.15, 0.2) is 29.7 Å². The van der Waals surface area contributed by atoms with Crippen LogP contribution in [0.4, 0.5) is 11.6 Å². The van der Waals surface area contributed by atoms with Crippen molar-refractivity contribution < 1.29 is 8.42 Å². The van der Waals surface area contributed by atoms with Gasteiger partial charge in [-0.2, -0.15) is 0 Å². The van der Waals surface area contributed by atoms with Gasteiger partial charge < -0.3 is 16.0 Å². The highest BCUT2D eigenvalue weighted by atomic mass is 32.2. The van der Waals surface area contributed by atoms with Gasteiger partial charge in [0.1, 0.15) is 0 Å². The minimum Gasteiger partial charge on any atom is -0.399 e. The molecule has 1 aliphatic heterocycles. The molecule has 94 valence electrons. The number of sulfone groups is 1. The lowest BCUT2D eigenvalue weighted by Crippen LogP contribution is -2.21. The van der Waals surface area contributed by atoms with E-state index in [0.29, 0.717) is 11.6 Å². The normalized spacial score (nSPS) is 21.4. The molecule has 0 fully saturated rings. The molecule has 2 aromatic rings. The van der Waals surface area contributed by atoms with Crippen molar-refractivity contribution in [1.82, 2.24) is 9.97 Å². The monoisotopic (exact) mass is 264 g/mol. The van der Waals surface area contributed by atoms with E-state index in [9.17, 15) is 8.42 Å².